The molecule has 1 rings (SSSR count). The van der Waals surface area contributed by atoms with Gasteiger partial charge in [-0.2, -0.15) is 0 Å². The summed E-state index contributed by atoms with van der Waals surface area (Å²) in [5.74, 6) is -1.37. The summed E-state index contributed by atoms with van der Waals surface area (Å²) in [6.07, 6.45) is 1.37. The van der Waals surface area contributed by atoms with E-state index in [4.69, 9.17) is 0 Å². The molecule has 0 bridgehead atoms. The van der Waals surface area contributed by atoms with Crippen molar-refractivity contribution < 1.29 is 14.5 Å². The van der Waals surface area contributed by atoms with Gasteiger partial charge in [0.05, 0.1) is 4.92 Å². The Balaban J connectivity index is 2.99. The van der Waals surface area contributed by atoms with Crippen LogP contribution in [0.2, 0.25) is 0 Å². The predicted molar refractivity (Wildman–Crippen MR) is 53.7 cm³/mol. The molecule has 16 heavy (non-hydrogen) atoms. The van der Waals surface area contributed by atoms with Crippen molar-refractivity contribution in [1.82, 2.24) is 10.3 Å². The van der Waals surface area contributed by atoms with Gasteiger partial charge in [0, 0.05) is 18.7 Å². The number of imide groups is 1. The van der Waals surface area contributed by atoms with Crippen LogP contribution in [0.3, 0.4) is 0 Å². The first-order chi connectivity index (χ1) is 7.56. The summed E-state index contributed by atoms with van der Waals surface area (Å²) < 4.78 is 0. The number of pyridine rings is 1. The van der Waals surface area contributed by atoms with Gasteiger partial charge >= 0.3 is 5.69 Å². The van der Waals surface area contributed by atoms with E-state index >= 15 is 0 Å². The van der Waals surface area contributed by atoms with Crippen LogP contribution < -0.4 is 5.32 Å². The lowest BCUT2D eigenvalue weighted by Gasteiger charge is -2.01. The zero-order chi connectivity index (χ0) is 12.1. The normalized spacial score (nSPS) is 9.56. The van der Waals surface area contributed by atoms with Crippen LogP contribution in [-0.4, -0.2) is 21.7 Å². The molecule has 7 nitrogen and oxygen atoms in total. The highest BCUT2D eigenvalue weighted by molar-refractivity contribution is 6.05. The van der Waals surface area contributed by atoms with E-state index in [1.165, 1.54) is 12.3 Å². The van der Waals surface area contributed by atoms with Crippen molar-refractivity contribution in [2.45, 2.75) is 13.3 Å². The van der Waals surface area contributed by atoms with Crippen LogP contribution in [-0.2, 0) is 4.79 Å². The second-order valence-electron chi connectivity index (χ2n) is 2.86. The monoisotopic (exact) mass is 223 g/mol. The Labute approximate surface area is 90.6 Å². The number of aromatic nitrogens is 1. The highest BCUT2D eigenvalue weighted by atomic mass is 16.6. The molecule has 2 amide bonds. The van der Waals surface area contributed by atoms with Crippen molar-refractivity contribution in [3.63, 3.8) is 0 Å². The molecule has 84 valence electrons. The molecule has 0 atom stereocenters. The molecule has 0 aliphatic heterocycles. The topological polar surface area (TPSA) is 102 Å². The summed E-state index contributed by atoms with van der Waals surface area (Å²) in [5.41, 5.74) is -0.793. The highest BCUT2D eigenvalue weighted by Gasteiger charge is 2.21. The van der Waals surface area contributed by atoms with E-state index in [0.717, 1.165) is 6.07 Å². The fraction of sp³-hybridized carbons (Fsp3) is 0.222. The molecule has 7 heteroatoms. The van der Waals surface area contributed by atoms with E-state index in [0.29, 0.717) is 0 Å². The van der Waals surface area contributed by atoms with Crippen molar-refractivity contribution in [2.24, 2.45) is 0 Å². The Kier molecular flexibility index (Phi) is 3.65. The molecule has 0 spiro atoms. The number of amides is 2. The summed E-state index contributed by atoms with van der Waals surface area (Å²) >= 11 is 0. The minimum absolute atomic E-state index is 0.117. The number of nitrogens with one attached hydrogen (secondary N) is 1. The van der Waals surface area contributed by atoms with Crippen LogP contribution in [0.25, 0.3) is 0 Å². The molecular weight excluding hydrogens is 214 g/mol. The zero-order valence-electron chi connectivity index (χ0n) is 8.47. The maximum absolute atomic E-state index is 11.4. The maximum atomic E-state index is 11.4. The van der Waals surface area contributed by atoms with Gasteiger partial charge in [0.1, 0.15) is 0 Å². The van der Waals surface area contributed by atoms with Crippen molar-refractivity contribution in [1.29, 1.82) is 0 Å². The second-order valence-corrected chi connectivity index (χ2v) is 2.86. The largest absolute Gasteiger partial charge is 0.300 e. The van der Waals surface area contributed by atoms with Gasteiger partial charge in [-0.25, -0.2) is 4.98 Å². The Morgan fingerprint density at radius 3 is 2.81 bits per heavy atom. The average molecular weight is 223 g/mol. The number of nitro groups is 1. The fourth-order valence-electron chi connectivity index (χ4n) is 0.993. The summed E-state index contributed by atoms with van der Waals surface area (Å²) in [7, 11) is 0. The summed E-state index contributed by atoms with van der Waals surface area (Å²) in [4.78, 5) is 35.8. The van der Waals surface area contributed by atoms with E-state index in [-0.39, 0.29) is 12.1 Å². The molecule has 1 heterocycles. The Hall–Kier alpha value is -2.31. The third-order valence-corrected chi connectivity index (χ3v) is 1.77. The second kappa shape index (κ2) is 4.96. The summed E-state index contributed by atoms with van der Waals surface area (Å²) in [6.45, 7) is 1.56. The fourth-order valence-corrected chi connectivity index (χ4v) is 0.993. The molecule has 1 aromatic rings. The van der Waals surface area contributed by atoms with Crippen LogP contribution in [0, 0.1) is 10.1 Å². The SMILES string of the molecule is CCC(=O)NC(=O)c1ncccc1[N+](=O)[O-]. The summed E-state index contributed by atoms with van der Waals surface area (Å²) in [5, 5.41) is 12.6. The van der Waals surface area contributed by atoms with Crippen LogP contribution in [0.4, 0.5) is 5.69 Å². The van der Waals surface area contributed by atoms with Gasteiger partial charge in [-0.3, -0.25) is 25.0 Å². The van der Waals surface area contributed by atoms with Crippen molar-refractivity contribution >= 4 is 17.5 Å². The minimum Gasteiger partial charge on any atom is -0.291 e. The molecule has 1 N–H and O–H groups in total. The minimum atomic E-state index is -0.862. The van der Waals surface area contributed by atoms with E-state index in [2.05, 4.69) is 4.98 Å². The molecule has 0 unspecified atom stereocenters. The van der Waals surface area contributed by atoms with Gasteiger partial charge in [0.25, 0.3) is 5.91 Å². The first-order valence-electron chi connectivity index (χ1n) is 4.49. The highest BCUT2D eigenvalue weighted by Crippen LogP contribution is 2.14. The Morgan fingerprint density at radius 1 is 1.56 bits per heavy atom. The number of carbonyl (C=O) groups excluding carboxylic acids is 2. The molecule has 1 aromatic heterocycles. The Bertz CT molecular complexity index is 444. The lowest BCUT2D eigenvalue weighted by atomic mass is 10.3. The zero-order valence-corrected chi connectivity index (χ0v) is 8.47. The maximum Gasteiger partial charge on any atom is 0.300 e. The molecule has 0 saturated carbocycles. The van der Waals surface area contributed by atoms with Gasteiger partial charge in [0.15, 0.2) is 0 Å². The summed E-state index contributed by atoms with van der Waals surface area (Å²) in [6, 6.07) is 2.49. The van der Waals surface area contributed by atoms with Crippen LogP contribution in [0.5, 0.6) is 0 Å². The quantitative estimate of drug-likeness (QED) is 0.598. The predicted octanol–water partition coefficient (Wildman–Crippen LogP) is 0.656. The molecule has 0 radical (unpaired) electrons. The molecule has 0 aromatic carbocycles. The Morgan fingerprint density at radius 2 is 2.25 bits per heavy atom. The van der Waals surface area contributed by atoms with E-state index in [1.807, 2.05) is 5.32 Å². The van der Waals surface area contributed by atoms with Gasteiger partial charge in [-0.05, 0) is 6.07 Å². The first-order valence-corrected chi connectivity index (χ1v) is 4.49. The van der Waals surface area contributed by atoms with E-state index < -0.39 is 22.4 Å². The molecule has 0 aliphatic rings. The molecule has 0 saturated heterocycles. The van der Waals surface area contributed by atoms with Crippen LogP contribution in [0.15, 0.2) is 18.3 Å². The third-order valence-electron chi connectivity index (χ3n) is 1.77. The van der Waals surface area contributed by atoms with E-state index in [9.17, 15) is 19.7 Å². The van der Waals surface area contributed by atoms with Crippen molar-refractivity contribution in [3.05, 3.63) is 34.1 Å². The van der Waals surface area contributed by atoms with Gasteiger partial charge in [-0.15, -0.1) is 0 Å². The van der Waals surface area contributed by atoms with Gasteiger partial charge in [0.2, 0.25) is 11.6 Å². The van der Waals surface area contributed by atoms with Gasteiger partial charge in [-0.1, -0.05) is 6.92 Å². The molecule has 0 fully saturated rings. The lowest BCUT2D eigenvalue weighted by molar-refractivity contribution is -0.385. The third kappa shape index (κ3) is 2.59. The standard InChI is InChI=1S/C9H9N3O4/c1-2-7(13)11-9(14)8-6(12(15)16)4-3-5-10-8/h3-5H,2H2,1H3,(H,11,13,14). The smallest absolute Gasteiger partial charge is 0.291 e. The van der Waals surface area contributed by atoms with Crippen molar-refractivity contribution in [2.75, 3.05) is 0 Å². The lowest BCUT2D eigenvalue weighted by Crippen LogP contribution is -2.30. The molecular formula is C9H9N3O4. The first kappa shape index (κ1) is 11.8. The van der Waals surface area contributed by atoms with Crippen molar-refractivity contribution in [3.8, 4) is 0 Å². The number of hydrogen-bond acceptors (Lipinski definition) is 5. The molecule has 0 aliphatic carbocycles. The number of rotatable bonds is 3. The van der Waals surface area contributed by atoms with Gasteiger partial charge < -0.3 is 0 Å². The van der Waals surface area contributed by atoms with E-state index in [1.54, 1.807) is 6.92 Å². The number of carbonyl (C=O) groups is 2. The number of hydrogen-bond donors (Lipinski definition) is 1. The van der Waals surface area contributed by atoms with Crippen LogP contribution >= 0.6 is 0 Å². The number of nitrogens with zero attached hydrogens (tertiary/aromatic N) is 2. The average Bonchev–Trinajstić information content (AvgIpc) is 2.28. The van der Waals surface area contributed by atoms with Crippen LogP contribution in [0.1, 0.15) is 23.8 Å².